The van der Waals surface area contributed by atoms with Gasteiger partial charge in [0.1, 0.15) is 0 Å². The molecule has 9 heteroatoms. The molecule has 0 radical (unpaired) electrons. The molecule has 0 atom stereocenters. The Morgan fingerprint density at radius 2 is 1.65 bits per heavy atom. The van der Waals surface area contributed by atoms with Gasteiger partial charge in [-0.15, -0.1) is 0 Å². The van der Waals surface area contributed by atoms with Crippen LogP contribution in [0.25, 0.3) is 0 Å². The molecule has 0 saturated carbocycles. The molecule has 0 aromatic heterocycles. The molecule has 2 aromatic rings. The number of non-ortho nitro benzene ring substituents is 1. The van der Waals surface area contributed by atoms with E-state index in [9.17, 15) is 19.7 Å². The molecule has 3 amide bonds. The number of benzene rings is 2. The van der Waals surface area contributed by atoms with Gasteiger partial charge < -0.3 is 10.6 Å². The summed E-state index contributed by atoms with van der Waals surface area (Å²) in [7, 11) is 0. The number of carbonyl (C=O) groups is 2. The first-order valence-corrected chi connectivity index (χ1v) is 6.46. The van der Waals surface area contributed by atoms with Crippen LogP contribution in [0.5, 0.6) is 0 Å². The molecular weight excluding hydrogens is 302 g/mol. The molecule has 0 aliphatic carbocycles. The highest BCUT2D eigenvalue weighted by atomic mass is 16.6. The van der Waals surface area contributed by atoms with E-state index in [1.54, 1.807) is 30.3 Å². The molecule has 0 aliphatic rings. The lowest BCUT2D eigenvalue weighted by Gasteiger charge is -2.09. The summed E-state index contributed by atoms with van der Waals surface area (Å²) in [6, 6.07) is 11.7. The summed E-state index contributed by atoms with van der Waals surface area (Å²) in [6.07, 6.45) is 0.499. The third kappa shape index (κ3) is 4.70. The summed E-state index contributed by atoms with van der Waals surface area (Å²) < 4.78 is 0. The smallest absolute Gasteiger partial charge is 0.308 e. The van der Waals surface area contributed by atoms with Crippen molar-refractivity contribution in [1.29, 1.82) is 0 Å². The van der Waals surface area contributed by atoms with E-state index >= 15 is 0 Å². The van der Waals surface area contributed by atoms with E-state index in [1.807, 2.05) is 0 Å². The van der Waals surface area contributed by atoms with Gasteiger partial charge in [0, 0.05) is 23.5 Å². The maximum Gasteiger partial charge on any atom is 0.323 e. The fourth-order valence-corrected chi connectivity index (χ4v) is 1.74. The van der Waals surface area contributed by atoms with Gasteiger partial charge in [0.25, 0.3) is 5.69 Å². The third-order valence-electron chi connectivity index (χ3n) is 2.73. The van der Waals surface area contributed by atoms with E-state index < -0.39 is 11.0 Å². The molecule has 0 aliphatic heterocycles. The van der Waals surface area contributed by atoms with Crippen LogP contribution in [0.2, 0.25) is 0 Å². The number of nitrogens with zero attached hydrogens (tertiary/aromatic N) is 1. The highest BCUT2D eigenvalue weighted by Crippen LogP contribution is 2.18. The Bertz CT molecular complexity index is 717. The summed E-state index contributed by atoms with van der Waals surface area (Å²) in [5, 5.41) is 15.8. The van der Waals surface area contributed by atoms with Crippen LogP contribution in [0.4, 0.5) is 27.5 Å². The van der Waals surface area contributed by atoms with Gasteiger partial charge in [-0.3, -0.25) is 25.8 Å². The Balaban J connectivity index is 1.95. The standard InChI is InChI=1S/C14H13N5O4/c20-9-15-18-11-6-4-10(5-7-11)16-14(21)17-12-2-1-3-13(8-12)19(22)23/h1-9,18H,(H,15,20)(H2,16,17,21). The molecule has 0 fully saturated rings. The average molecular weight is 315 g/mol. The number of nitro groups is 1. The fourth-order valence-electron chi connectivity index (χ4n) is 1.74. The van der Waals surface area contributed by atoms with Gasteiger partial charge in [-0.25, -0.2) is 4.79 Å². The highest BCUT2D eigenvalue weighted by molar-refractivity contribution is 6.00. The van der Waals surface area contributed by atoms with E-state index in [0.29, 0.717) is 23.5 Å². The number of rotatable bonds is 6. The van der Waals surface area contributed by atoms with E-state index in [0.717, 1.165) is 0 Å². The van der Waals surface area contributed by atoms with Crippen LogP contribution in [0.3, 0.4) is 0 Å². The minimum Gasteiger partial charge on any atom is -0.308 e. The fraction of sp³-hybridized carbons (Fsp3) is 0. The summed E-state index contributed by atoms with van der Waals surface area (Å²) in [6.45, 7) is 0. The van der Waals surface area contributed by atoms with Crippen LogP contribution < -0.4 is 21.5 Å². The number of nitro benzene ring substituents is 1. The Labute approximate surface area is 130 Å². The van der Waals surface area contributed by atoms with Crippen molar-refractivity contribution in [2.45, 2.75) is 0 Å². The Morgan fingerprint density at radius 1 is 1.00 bits per heavy atom. The lowest BCUT2D eigenvalue weighted by Crippen LogP contribution is -2.20. The van der Waals surface area contributed by atoms with Gasteiger partial charge in [0.15, 0.2) is 0 Å². The number of nitrogens with one attached hydrogen (secondary N) is 4. The van der Waals surface area contributed by atoms with Crippen molar-refractivity contribution in [3.8, 4) is 0 Å². The first kappa shape index (κ1) is 15.8. The highest BCUT2D eigenvalue weighted by Gasteiger charge is 2.08. The Morgan fingerprint density at radius 3 is 2.30 bits per heavy atom. The van der Waals surface area contributed by atoms with E-state index in [4.69, 9.17) is 0 Å². The molecule has 0 spiro atoms. The topological polar surface area (TPSA) is 125 Å². The molecule has 23 heavy (non-hydrogen) atoms. The van der Waals surface area contributed by atoms with Gasteiger partial charge in [-0.05, 0) is 30.3 Å². The number of carbonyl (C=O) groups excluding carboxylic acids is 2. The van der Waals surface area contributed by atoms with E-state index in [2.05, 4.69) is 21.5 Å². The summed E-state index contributed by atoms with van der Waals surface area (Å²) >= 11 is 0. The second-order valence-electron chi connectivity index (χ2n) is 4.35. The minimum atomic E-state index is -0.540. The van der Waals surface area contributed by atoms with Crippen LogP contribution in [0.1, 0.15) is 0 Å². The molecule has 118 valence electrons. The van der Waals surface area contributed by atoms with Crippen LogP contribution in [0, 0.1) is 10.1 Å². The molecule has 4 N–H and O–H groups in total. The largest absolute Gasteiger partial charge is 0.323 e. The Hall–Kier alpha value is -3.62. The molecule has 2 rings (SSSR count). The van der Waals surface area contributed by atoms with Gasteiger partial charge in [-0.1, -0.05) is 6.07 Å². The number of urea groups is 1. The second-order valence-corrected chi connectivity index (χ2v) is 4.35. The zero-order valence-electron chi connectivity index (χ0n) is 11.8. The molecule has 0 unspecified atom stereocenters. The molecule has 9 nitrogen and oxygen atoms in total. The van der Waals surface area contributed by atoms with Crippen molar-refractivity contribution >= 4 is 35.2 Å². The van der Waals surface area contributed by atoms with Gasteiger partial charge >= 0.3 is 6.03 Å². The van der Waals surface area contributed by atoms with Gasteiger partial charge in [0.05, 0.1) is 10.6 Å². The second kappa shape index (κ2) is 7.41. The predicted octanol–water partition coefficient (Wildman–Crippen LogP) is 2.31. The minimum absolute atomic E-state index is 0.110. The summed E-state index contributed by atoms with van der Waals surface area (Å²) in [4.78, 5) is 32.1. The summed E-state index contributed by atoms with van der Waals surface area (Å²) in [5.41, 5.74) is 6.27. The molecule has 0 saturated heterocycles. The summed E-state index contributed by atoms with van der Waals surface area (Å²) in [5.74, 6) is 0. The number of hydrogen-bond donors (Lipinski definition) is 4. The van der Waals surface area contributed by atoms with E-state index in [1.165, 1.54) is 18.2 Å². The number of amides is 3. The monoisotopic (exact) mass is 315 g/mol. The zero-order chi connectivity index (χ0) is 16.7. The van der Waals surface area contributed by atoms with Gasteiger partial charge in [0.2, 0.25) is 6.41 Å². The number of anilines is 3. The van der Waals surface area contributed by atoms with Crippen LogP contribution in [-0.4, -0.2) is 17.4 Å². The van der Waals surface area contributed by atoms with Gasteiger partial charge in [-0.2, -0.15) is 0 Å². The predicted molar refractivity (Wildman–Crippen MR) is 85.0 cm³/mol. The molecule has 0 heterocycles. The lowest BCUT2D eigenvalue weighted by molar-refractivity contribution is -0.384. The van der Waals surface area contributed by atoms with Crippen LogP contribution in [0.15, 0.2) is 48.5 Å². The van der Waals surface area contributed by atoms with Crippen molar-refractivity contribution in [2.24, 2.45) is 0 Å². The van der Waals surface area contributed by atoms with Crippen LogP contribution in [-0.2, 0) is 4.79 Å². The first-order chi connectivity index (χ1) is 11.1. The maximum atomic E-state index is 11.9. The SMILES string of the molecule is O=CNNc1ccc(NC(=O)Nc2cccc([N+](=O)[O-])c2)cc1. The quantitative estimate of drug-likeness (QED) is 0.370. The number of hydrazine groups is 1. The van der Waals surface area contributed by atoms with Crippen LogP contribution >= 0.6 is 0 Å². The molecule has 0 bridgehead atoms. The lowest BCUT2D eigenvalue weighted by atomic mass is 10.3. The normalized spacial score (nSPS) is 9.57. The third-order valence-corrected chi connectivity index (χ3v) is 2.73. The van der Waals surface area contributed by atoms with Crippen molar-refractivity contribution in [3.05, 3.63) is 58.6 Å². The van der Waals surface area contributed by atoms with Crippen molar-refractivity contribution in [3.63, 3.8) is 0 Å². The van der Waals surface area contributed by atoms with E-state index in [-0.39, 0.29) is 5.69 Å². The van der Waals surface area contributed by atoms with Crippen molar-refractivity contribution in [1.82, 2.24) is 5.43 Å². The first-order valence-electron chi connectivity index (χ1n) is 6.46. The number of hydrogen-bond acceptors (Lipinski definition) is 5. The Kier molecular flexibility index (Phi) is 5.08. The van der Waals surface area contributed by atoms with Crippen molar-refractivity contribution in [2.75, 3.05) is 16.1 Å². The average Bonchev–Trinajstić information content (AvgIpc) is 2.54. The zero-order valence-corrected chi connectivity index (χ0v) is 11.8. The maximum absolute atomic E-state index is 11.9. The van der Waals surface area contributed by atoms with Crippen molar-refractivity contribution < 1.29 is 14.5 Å². The molecule has 2 aromatic carbocycles. The molecular formula is C14H13N5O4.